The first kappa shape index (κ1) is 15.7. The molecule has 20 heavy (non-hydrogen) atoms. The van der Waals surface area contributed by atoms with Crippen molar-refractivity contribution in [3.8, 4) is 0 Å². The Balaban J connectivity index is 1.95. The number of ether oxygens (including phenoxy) is 1. The maximum absolute atomic E-state index is 12.5. The van der Waals surface area contributed by atoms with Crippen molar-refractivity contribution in [1.82, 2.24) is 5.32 Å². The van der Waals surface area contributed by atoms with Gasteiger partial charge in [-0.3, -0.25) is 4.79 Å². The summed E-state index contributed by atoms with van der Waals surface area (Å²) in [6.45, 7) is 9.02. The zero-order chi connectivity index (χ0) is 15.1. The molecular formula is C15H28N2O3. The van der Waals surface area contributed by atoms with Crippen molar-refractivity contribution in [3.63, 3.8) is 0 Å². The normalized spacial score (nSPS) is 36.4. The van der Waals surface area contributed by atoms with Crippen LogP contribution in [0.3, 0.4) is 0 Å². The molecule has 0 spiro atoms. The number of aliphatic hydroxyl groups excluding tert-OH is 1. The van der Waals surface area contributed by atoms with E-state index in [1.54, 1.807) is 0 Å². The summed E-state index contributed by atoms with van der Waals surface area (Å²) in [4.78, 5) is 12.5. The van der Waals surface area contributed by atoms with Crippen LogP contribution in [0.2, 0.25) is 0 Å². The molecule has 0 aromatic heterocycles. The van der Waals surface area contributed by atoms with E-state index >= 15 is 0 Å². The molecular weight excluding hydrogens is 256 g/mol. The molecule has 0 bridgehead atoms. The van der Waals surface area contributed by atoms with Crippen LogP contribution in [0.1, 0.15) is 40.5 Å². The van der Waals surface area contributed by atoms with E-state index in [2.05, 4.69) is 5.32 Å². The molecule has 4 unspecified atom stereocenters. The second kappa shape index (κ2) is 5.28. The molecule has 5 nitrogen and oxygen atoms in total. The van der Waals surface area contributed by atoms with Crippen molar-refractivity contribution in [2.75, 3.05) is 13.2 Å². The third kappa shape index (κ3) is 2.26. The highest BCUT2D eigenvalue weighted by Gasteiger charge is 2.71. The average Bonchev–Trinajstić information content (AvgIpc) is 2.82. The van der Waals surface area contributed by atoms with Crippen LogP contribution in [-0.4, -0.2) is 41.9 Å². The SMILES string of the molecule is CC(C)CC(O)CNC(=O)C1(N)C2CCOC2C1(C)C. The van der Waals surface area contributed by atoms with Crippen LogP contribution < -0.4 is 11.1 Å². The van der Waals surface area contributed by atoms with Gasteiger partial charge in [-0.2, -0.15) is 0 Å². The summed E-state index contributed by atoms with van der Waals surface area (Å²) in [6.07, 6.45) is 1.09. The first-order valence-corrected chi connectivity index (χ1v) is 7.58. The molecule has 1 saturated carbocycles. The summed E-state index contributed by atoms with van der Waals surface area (Å²) < 4.78 is 5.68. The highest BCUT2D eigenvalue weighted by molar-refractivity contribution is 5.89. The first-order chi connectivity index (χ1) is 9.21. The van der Waals surface area contributed by atoms with E-state index in [1.807, 2.05) is 27.7 Å². The number of aliphatic hydroxyl groups is 1. The Labute approximate surface area is 121 Å². The van der Waals surface area contributed by atoms with Gasteiger partial charge in [-0.1, -0.05) is 27.7 Å². The van der Waals surface area contributed by atoms with Crippen LogP contribution in [0.25, 0.3) is 0 Å². The van der Waals surface area contributed by atoms with Crippen molar-refractivity contribution in [3.05, 3.63) is 0 Å². The van der Waals surface area contributed by atoms with E-state index < -0.39 is 11.6 Å². The van der Waals surface area contributed by atoms with Gasteiger partial charge in [0.1, 0.15) is 5.54 Å². The highest BCUT2D eigenvalue weighted by Crippen LogP contribution is 2.58. The van der Waals surface area contributed by atoms with E-state index in [9.17, 15) is 9.90 Å². The molecule has 1 amide bonds. The topological polar surface area (TPSA) is 84.6 Å². The van der Waals surface area contributed by atoms with Gasteiger partial charge in [0, 0.05) is 24.5 Å². The predicted molar refractivity (Wildman–Crippen MR) is 77.0 cm³/mol. The summed E-state index contributed by atoms with van der Waals surface area (Å²) in [5, 5.41) is 12.7. The fourth-order valence-electron chi connectivity index (χ4n) is 3.83. The molecule has 0 aromatic rings. The Morgan fingerprint density at radius 1 is 1.50 bits per heavy atom. The number of carbonyl (C=O) groups is 1. The molecule has 5 heteroatoms. The zero-order valence-electron chi connectivity index (χ0n) is 13.0. The zero-order valence-corrected chi connectivity index (χ0v) is 13.0. The molecule has 1 saturated heterocycles. The van der Waals surface area contributed by atoms with Crippen LogP contribution >= 0.6 is 0 Å². The van der Waals surface area contributed by atoms with Gasteiger partial charge in [0.05, 0.1) is 12.2 Å². The second-order valence-electron chi connectivity index (χ2n) is 7.27. The molecule has 2 fully saturated rings. The lowest BCUT2D eigenvalue weighted by Crippen LogP contribution is -2.80. The third-order valence-corrected chi connectivity index (χ3v) is 5.07. The second-order valence-corrected chi connectivity index (χ2v) is 7.27. The number of nitrogens with one attached hydrogen (secondary N) is 1. The molecule has 4 atom stereocenters. The van der Waals surface area contributed by atoms with Gasteiger partial charge in [-0.05, 0) is 18.8 Å². The van der Waals surface area contributed by atoms with Gasteiger partial charge < -0.3 is 20.9 Å². The Kier molecular flexibility index (Phi) is 4.15. The number of nitrogens with two attached hydrogens (primary N) is 1. The van der Waals surface area contributed by atoms with E-state index in [0.29, 0.717) is 18.9 Å². The van der Waals surface area contributed by atoms with Crippen LogP contribution in [0.5, 0.6) is 0 Å². The Morgan fingerprint density at radius 3 is 2.75 bits per heavy atom. The van der Waals surface area contributed by atoms with Gasteiger partial charge >= 0.3 is 0 Å². The van der Waals surface area contributed by atoms with Gasteiger partial charge in [-0.15, -0.1) is 0 Å². The summed E-state index contributed by atoms with van der Waals surface area (Å²) in [5.74, 6) is 0.346. The Bertz CT molecular complexity index is 383. The van der Waals surface area contributed by atoms with E-state index in [4.69, 9.17) is 10.5 Å². The number of carbonyl (C=O) groups excluding carboxylic acids is 1. The van der Waals surface area contributed by atoms with Gasteiger partial charge in [0.15, 0.2) is 0 Å². The molecule has 116 valence electrons. The van der Waals surface area contributed by atoms with E-state index in [1.165, 1.54) is 0 Å². The van der Waals surface area contributed by atoms with Crippen molar-refractivity contribution in [2.24, 2.45) is 23.0 Å². The van der Waals surface area contributed by atoms with Gasteiger partial charge in [0.2, 0.25) is 5.91 Å². The average molecular weight is 284 g/mol. The quantitative estimate of drug-likeness (QED) is 0.692. The van der Waals surface area contributed by atoms with Crippen LogP contribution in [0.4, 0.5) is 0 Å². The van der Waals surface area contributed by atoms with Crippen molar-refractivity contribution in [2.45, 2.75) is 58.3 Å². The lowest BCUT2D eigenvalue weighted by molar-refractivity contribution is -0.175. The standard InChI is InChI=1S/C15H28N2O3/c1-9(2)7-10(18)8-17-13(19)15(16)11-5-6-20-12(11)14(15,3)4/h9-12,18H,5-8,16H2,1-4H3,(H,17,19). The molecule has 4 N–H and O–H groups in total. The maximum Gasteiger partial charge on any atom is 0.241 e. The smallest absolute Gasteiger partial charge is 0.241 e. The summed E-state index contributed by atoms with van der Waals surface area (Å²) >= 11 is 0. The molecule has 2 aliphatic rings. The minimum atomic E-state index is -0.883. The van der Waals surface area contributed by atoms with E-state index in [-0.39, 0.29) is 29.9 Å². The van der Waals surface area contributed by atoms with Crippen LogP contribution in [0, 0.1) is 17.3 Å². The van der Waals surface area contributed by atoms with Crippen molar-refractivity contribution < 1.29 is 14.6 Å². The minimum Gasteiger partial charge on any atom is -0.391 e. The van der Waals surface area contributed by atoms with E-state index in [0.717, 1.165) is 6.42 Å². The third-order valence-electron chi connectivity index (χ3n) is 5.07. The first-order valence-electron chi connectivity index (χ1n) is 7.58. The minimum absolute atomic E-state index is 0.0823. The summed E-state index contributed by atoms with van der Waals surface area (Å²) in [6, 6.07) is 0. The largest absolute Gasteiger partial charge is 0.391 e. The molecule has 1 aliphatic heterocycles. The van der Waals surface area contributed by atoms with Gasteiger partial charge in [-0.25, -0.2) is 0 Å². The maximum atomic E-state index is 12.5. The Morgan fingerprint density at radius 2 is 2.15 bits per heavy atom. The lowest BCUT2D eigenvalue weighted by Gasteiger charge is -2.60. The summed E-state index contributed by atoms with van der Waals surface area (Å²) in [7, 11) is 0. The van der Waals surface area contributed by atoms with Crippen molar-refractivity contribution >= 4 is 5.91 Å². The van der Waals surface area contributed by atoms with Crippen LogP contribution in [0.15, 0.2) is 0 Å². The van der Waals surface area contributed by atoms with Crippen molar-refractivity contribution in [1.29, 1.82) is 0 Å². The molecule has 2 rings (SSSR count). The lowest BCUT2D eigenvalue weighted by atomic mass is 9.48. The monoisotopic (exact) mass is 284 g/mol. The van der Waals surface area contributed by atoms with Gasteiger partial charge in [0.25, 0.3) is 0 Å². The number of hydrogen-bond acceptors (Lipinski definition) is 4. The number of amides is 1. The number of rotatable bonds is 5. The predicted octanol–water partition coefficient (Wildman–Crippen LogP) is 0.652. The fraction of sp³-hybridized carbons (Fsp3) is 0.933. The van der Waals surface area contributed by atoms with Crippen LogP contribution in [-0.2, 0) is 9.53 Å². The molecule has 1 heterocycles. The number of fused-ring (bicyclic) bond motifs is 1. The Hall–Kier alpha value is -0.650. The molecule has 0 aromatic carbocycles. The molecule has 1 aliphatic carbocycles. The highest BCUT2D eigenvalue weighted by atomic mass is 16.5. The molecule has 0 radical (unpaired) electrons. The summed E-state index contributed by atoms with van der Waals surface area (Å²) in [5.41, 5.74) is 5.18. The number of hydrogen-bond donors (Lipinski definition) is 3. The fourth-order valence-corrected chi connectivity index (χ4v) is 3.83.